The number of methoxy groups -OCH3 is 2. The van der Waals surface area contributed by atoms with Gasteiger partial charge in [0.2, 0.25) is 5.91 Å². The van der Waals surface area contributed by atoms with Crippen LogP contribution in [-0.2, 0) is 9.59 Å². The Hall–Kier alpha value is -3.13. The van der Waals surface area contributed by atoms with Crippen molar-refractivity contribution in [3.05, 3.63) is 41.4 Å². The topological polar surface area (TPSA) is 89.1 Å². The number of amides is 2. The molecule has 0 saturated heterocycles. The quantitative estimate of drug-likeness (QED) is 0.747. The molecule has 3 rings (SSSR count). The predicted molar refractivity (Wildman–Crippen MR) is 110 cm³/mol. The van der Waals surface area contributed by atoms with Crippen molar-refractivity contribution < 1.29 is 23.8 Å². The van der Waals surface area contributed by atoms with E-state index in [2.05, 4.69) is 10.6 Å². The number of para-hydroxylation sites is 2. The monoisotopic (exact) mass is 419 g/mol. The van der Waals surface area contributed by atoms with Gasteiger partial charge in [0.05, 0.1) is 43.7 Å². The van der Waals surface area contributed by atoms with Crippen LogP contribution in [0.3, 0.4) is 0 Å². The van der Waals surface area contributed by atoms with E-state index in [0.717, 1.165) is 5.69 Å². The number of anilines is 2. The molecule has 0 aliphatic carbocycles. The van der Waals surface area contributed by atoms with Crippen molar-refractivity contribution in [1.82, 2.24) is 5.32 Å². The van der Waals surface area contributed by atoms with Crippen LogP contribution in [0.2, 0.25) is 5.02 Å². The lowest BCUT2D eigenvalue weighted by atomic mass is 10.1. The fraction of sp³-hybridized carbons (Fsp3) is 0.300. The first-order valence-corrected chi connectivity index (χ1v) is 9.28. The summed E-state index contributed by atoms with van der Waals surface area (Å²) in [5.74, 6) is 0.859. The Bertz CT molecular complexity index is 921. The number of likely N-dealkylation sites (N-methyl/N-ethyl adjacent to an activating group) is 1. The second-order valence-corrected chi connectivity index (χ2v) is 6.71. The molecule has 2 aromatic rings. The first-order valence-electron chi connectivity index (χ1n) is 8.90. The minimum Gasteiger partial charge on any atom is -0.495 e. The number of rotatable bonds is 6. The van der Waals surface area contributed by atoms with Crippen molar-refractivity contribution in [2.75, 3.05) is 44.6 Å². The molecule has 0 radical (unpaired) electrons. The SMILES string of the molecule is CNC(=O)[C@@H]1CN(CC(=O)Nc2cc(Cl)c(OC)cc2OC)c2ccccc2O1. The van der Waals surface area contributed by atoms with Crippen molar-refractivity contribution in [1.29, 1.82) is 0 Å². The molecule has 1 aliphatic heterocycles. The summed E-state index contributed by atoms with van der Waals surface area (Å²) in [6, 6.07) is 10.4. The van der Waals surface area contributed by atoms with E-state index in [4.69, 9.17) is 25.8 Å². The maximum absolute atomic E-state index is 12.7. The smallest absolute Gasteiger partial charge is 0.262 e. The zero-order chi connectivity index (χ0) is 21.0. The van der Waals surface area contributed by atoms with E-state index in [1.54, 1.807) is 30.1 Å². The zero-order valence-corrected chi connectivity index (χ0v) is 17.1. The Morgan fingerprint density at radius 1 is 1.21 bits per heavy atom. The molecule has 2 amide bonds. The average Bonchev–Trinajstić information content (AvgIpc) is 2.73. The van der Waals surface area contributed by atoms with Gasteiger partial charge in [-0.05, 0) is 18.2 Å². The van der Waals surface area contributed by atoms with Gasteiger partial charge in [0.15, 0.2) is 6.10 Å². The molecule has 2 N–H and O–H groups in total. The van der Waals surface area contributed by atoms with Gasteiger partial charge < -0.3 is 29.7 Å². The molecule has 0 unspecified atom stereocenters. The number of ether oxygens (including phenoxy) is 3. The van der Waals surface area contributed by atoms with Crippen molar-refractivity contribution >= 4 is 34.8 Å². The summed E-state index contributed by atoms with van der Waals surface area (Å²) in [6.45, 7) is 0.255. The van der Waals surface area contributed by atoms with Gasteiger partial charge in [-0.3, -0.25) is 9.59 Å². The van der Waals surface area contributed by atoms with Crippen LogP contribution >= 0.6 is 11.6 Å². The number of fused-ring (bicyclic) bond motifs is 1. The third-order valence-corrected chi connectivity index (χ3v) is 4.78. The summed E-state index contributed by atoms with van der Waals surface area (Å²) in [7, 11) is 4.53. The lowest BCUT2D eigenvalue weighted by molar-refractivity contribution is -0.127. The van der Waals surface area contributed by atoms with Crippen LogP contribution in [0.25, 0.3) is 0 Å². The molecule has 1 aliphatic rings. The van der Waals surface area contributed by atoms with Crippen molar-refractivity contribution in [2.24, 2.45) is 0 Å². The predicted octanol–water partition coefficient (Wildman–Crippen LogP) is 2.31. The fourth-order valence-electron chi connectivity index (χ4n) is 3.08. The number of hydrogen-bond donors (Lipinski definition) is 2. The summed E-state index contributed by atoms with van der Waals surface area (Å²) >= 11 is 6.17. The third kappa shape index (κ3) is 4.48. The standard InChI is InChI=1S/C20H22ClN3O5/c1-22-20(26)18-10-24(14-6-4-5-7-15(14)29-18)11-19(25)23-13-8-12(21)16(27-2)9-17(13)28-3/h4-9,18H,10-11H2,1-3H3,(H,22,26)(H,23,25)/t18-/m0/s1. The van der Waals surface area contributed by atoms with E-state index >= 15 is 0 Å². The molecule has 9 heteroatoms. The fourth-order valence-corrected chi connectivity index (χ4v) is 3.32. The molecule has 1 heterocycles. The maximum atomic E-state index is 12.7. The maximum Gasteiger partial charge on any atom is 0.262 e. The molecule has 0 bridgehead atoms. The van der Waals surface area contributed by atoms with E-state index in [-0.39, 0.29) is 24.9 Å². The highest BCUT2D eigenvalue weighted by atomic mass is 35.5. The second kappa shape index (κ2) is 8.91. The van der Waals surface area contributed by atoms with Gasteiger partial charge in [-0.25, -0.2) is 0 Å². The molecule has 154 valence electrons. The molecule has 0 fully saturated rings. The van der Waals surface area contributed by atoms with E-state index in [0.29, 0.717) is 28.0 Å². The molecular formula is C20H22ClN3O5. The number of nitrogens with zero attached hydrogens (tertiary/aromatic N) is 1. The Morgan fingerprint density at radius 3 is 2.62 bits per heavy atom. The summed E-state index contributed by atoms with van der Waals surface area (Å²) in [5.41, 5.74) is 1.16. The first kappa shape index (κ1) is 20.6. The molecule has 8 nitrogen and oxygen atoms in total. The summed E-state index contributed by atoms with van der Waals surface area (Å²) in [4.78, 5) is 26.6. The van der Waals surface area contributed by atoms with Crippen LogP contribution < -0.4 is 29.7 Å². The van der Waals surface area contributed by atoms with Gasteiger partial charge in [0, 0.05) is 13.1 Å². The zero-order valence-electron chi connectivity index (χ0n) is 16.3. The van der Waals surface area contributed by atoms with Gasteiger partial charge in [-0.15, -0.1) is 0 Å². The summed E-state index contributed by atoms with van der Waals surface area (Å²) in [6.07, 6.45) is -0.715. The lowest BCUT2D eigenvalue weighted by Gasteiger charge is -2.35. The molecule has 1 atom stereocenters. The van der Waals surface area contributed by atoms with Crippen molar-refractivity contribution in [3.8, 4) is 17.2 Å². The van der Waals surface area contributed by atoms with Crippen LogP contribution in [0.1, 0.15) is 0 Å². The normalized spacial score (nSPS) is 15.0. The Balaban J connectivity index is 1.80. The minimum atomic E-state index is -0.715. The summed E-state index contributed by atoms with van der Waals surface area (Å²) < 4.78 is 16.2. The molecule has 0 spiro atoms. The Labute approximate surface area is 173 Å². The third-order valence-electron chi connectivity index (χ3n) is 4.48. The number of halogens is 1. The number of nitrogens with one attached hydrogen (secondary N) is 2. The van der Waals surface area contributed by atoms with Crippen molar-refractivity contribution in [2.45, 2.75) is 6.10 Å². The lowest BCUT2D eigenvalue weighted by Crippen LogP contribution is -2.50. The van der Waals surface area contributed by atoms with Gasteiger partial charge in [0.25, 0.3) is 5.91 Å². The average molecular weight is 420 g/mol. The molecule has 0 saturated carbocycles. The number of hydrogen-bond acceptors (Lipinski definition) is 6. The van der Waals surface area contributed by atoms with E-state index in [1.807, 2.05) is 18.2 Å². The highest BCUT2D eigenvalue weighted by Gasteiger charge is 2.31. The van der Waals surface area contributed by atoms with Gasteiger partial charge in [-0.2, -0.15) is 0 Å². The highest BCUT2D eigenvalue weighted by molar-refractivity contribution is 6.32. The van der Waals surface area contributed by atoms with Gasteiger partial charge >= 0.3 is 0 Å². The van der Waals surface area contributed by atoms with Crippen LogP contribution in [-0.4, -0.2) is 52.3 Å². The molecule has 0 aromatic heterocycles. The first-order chi connectivity index (χ1) is 14.0. The largest absolute Gasteiger partial charge is 0.495 e. The van der Waals surface area contributed by atoms with Crippen LogP contribution in [0.5, 0.6) is 17.2 Å². The van der Waals surface area contributed by atoms with Gasteiger partial charge in [0.1, 0.15) is 17.2 Å². The van der Waals surface area contributed by atoms with Crippen LogP contribution in [0.4, 0.5) is 11.4 Å². The Kier molecular flexibility index (Phi) is 6.33. The van der Waals surface area contributed by atoms with Gasteiger partial charge in [-0.1, -0.05) is 23.7 Å². The molecular weight excluding hydrogens is 398 g/mol. The van der Waals surface area contributed by atoms with E-state index < -0.39 is 6.10 Å². The Morgan fingerprint density at radius 2 is 1.93 bits per heavy atom. The molecule has 29 heavy (non-hydrogen) atoms. The van der Waals surface area contributed by atoms with Crippen LogP contribution in [0, 0.1) is 0 Å². The molecule has 2 aromatic carbocycles. The summed E-state index contributed by atoms with van der Waals surface area (Å²) in [5, 5.41) is 5.73. The number of benzene rings is 2. The number of carbonyl (C=O) groups excluding carboxylic acids is 2. The number of carbonyl (C=O) groups is 2. The van der Waals surface area contributed by atoms with E-state index in [1.165, 1.54) is 14.2 Å². The van der Waals surface area contributed by atoms with Crippen molar-refractivity contribution in [3.63, 3.8) is 0 Å². The second-order valence-electron chi connectivity index (χ2n) is 6.30. The highest BCUT2D eigenvalue weighted by Crippen LogP contribution is 2.36. The van der Waals surface area contributed by atoms with Crippen LogP contribution in [0.15, 0.2) is 36.4 Å². The minimum absolute atomic E-state index is 0.0146. The van der Waals surface area contributed by atoms with E-state index in [9.17, 15) is 9.59 Å².